The van der Waals surface area contributed by atoms with Crippen molar-refractivity contribution in [3.05, 3.63) is 42.5 Å². The molecule has 300 valence electrons. The van der Waals surface area contributed by atoms with Gasteiger partial charge in [-0.25, -0.2) is 13.2 Å². The number of hydrogen-bond acceptors (Lipinski definition) is 7. The summed E-state index contributed by atoms with van der Waals surface area (Å²) in [4.78, 5) is 71.0. The zero-order valence-electron chi connectivity index (χ0n) is 32.7. The van der Waals surface area contributed by atoms with Gasteiger partial charge < -0.3 is 26.2 Å². The molecular formula is C41H58N6O7S. The molecule has 2 aliphatic heterocycles. The number of benzene rings is 1. The predicted octanol–water partition coefficient (Wildman–Crippen LogP) is 3.64. The lowest BCUT2D eigenvalue weighted by Crippen LogP contribution is -2.63. The van der Waals surface area contributed by atoms with Crippen LogP contribution in [0.25, 0.3) is 0 Å². The summed E-state index contributed by atoms with van der Waals surface area (Å²) in [6.07, 6.45) is 13.8. The molecule has 1 saturated heterocycles. The van der Waals surface area contributed by atoms with Crippen LogP contribution in [0.2, 0.25) is 0 Å². The van der Waals surface area contributed by atoms with Gasteiger partial charge >= 0.3 is 6.03 Å². The van der Waals surface area contributed by atoms with Gasteiger partial charge in [-0.05, 0) is 66.4 Å². The number of carbonyl (C=O) groups excluding carboxylic acids is 5. The summed E-state index contributed by atoms with van der Waals surface area (Å²) in [5.41, 5.74) is -0.467. The molecule has 0 aromatic heterocycles. The van der Waals surface area contributed by atoms with E-state index in [1.54, 1.807) is 29.2 Å². The lowest BCUT2D eigenvalue weighted by Gasteiger charge is -2.43. The third kappa shape index (κ3) is 9.26. The smallest absolute Gasteiger partial charge is 0.315 e. The van der Waals surface area contributed by atoms with Crippen molar-refractivity contribution in [2.45, 2.75) is 128 Å². The van der Waals surface area contributed by atoms with Gasteiger partial charge in [-0.2, -0.15) is 4.31 Å². The Labute approximate surface area is 326 Å². The number of nitrogens with zero attached hydrogens (tertiary/aromatic N) is 2. The Balaban J connectivity index is 1.38. The molecule has 0 radical (unpaired) electrons. The van der Waals surface area contributed by atoms with Crippen molar-refractivity contribution in [3.63, 3.8) is 0 Å². The van der Waals surface area contributed by atoms with E-state index in [-0.39, 0.29) is 55.1 Å². The topological polar surface area (TPSA) is 174 Å². The highest BCUT2D eigenvalue weighted by Gasteiger charge is 2.53. The highest BCUT2D eigenvalue weighted by molar-refractivity contribution is 7.89. The van der Waals surface area contributed by atoms with E-state index in [0.29, 0.717) is 24.9 Å². The highest BCUT2D eigenvalue weighted by atomic mass is 32.2. The van der Waals surface area contributed by atoms with Crippen LogP contribution in [-0.4, -0.2) is 91.0 Å². The molecular weight excluding hydrogens is 721 g/mol. The average Bonchev–Trinajstić information content (AvgIpc) is 3.82. The van der Waals surface area contributed by atoms with Crippen molar-refractivity contribution < 1.29 is 32.4 Å². The van der Waals surface area contributed by atoms with E-state index in [0.717, 1.165) is 38.5 Å². The Morgan fingerprint density at radius 3 is 2.40 bits per heavy atom. The molecule has 5 rings (SSSR count). The van der Waals surface area contributed by atoms with E-state index in [1.165, 1.54) is 10.4 Å². The van der Waals surface area contributed by atoms with Crippen molar-refractivity contribution in [3.8, 4) is 12.3 Å². The average molecular weight is 779 g/mol. The minimum Gasteiger partial charge on any atom is -0.346 e. The molecule has 2 aliphatic carbocycles. The summed E-state index contributed by atoms with van der Waals surface area (Å²) in [6, 6.07) is 2.61. The molecule has 1 aromatic rings. The van der Waals surface area contributed by atoms with Crippen LogP contribution in [0, 0.1) is 35.0 Å². The number of Topliss-reactive ketones (excluding diaryl/α,β-unsaturated/α-hetero) is 1. The fourth-order valence-corrected chi connectivity index (χ4v) is 10.6. The number of fused-ring (bicyclic) bond motifs is 2. The molecule has 55 heavy (non-hydrogen) atoms. The molecule has 3 fully saturated rings. The molecule has 0 spiro atoms. The van der Waals surface area contributed by atoms with E-state index < -0.39 is 68.6 Å². The predicted molar refractivity (Wildman–Crippen MR) is 208 cm³/mol. The third-order valence-corrected chi connectivity index (χ3v) is 14.1. The van der Waals surface area contributed by atoms with E-state index >= 15 is 0 Å². The molecule has 1 unspecified atom stereocenters. The number of carbonyl (C=O) groups is 5. The Kier molecular flexibility index (Phi) is 13.2. The Morgan fingerprint density at radius 2 is 1.75 bits per heavy atom. The van der Waals surface area contributed by atoms with Gasteiger partial charge in [0.1, 0.15) is 12.1 Å². The maximum Gasteiger partial charge on any atom is 0.315 e. The van der Waals surface area contributed by atoms with Crippen LogP contribution in [0.1, 0.15) is 97.5 Å². The number of urea groups is 1. The Bertz CT molecular complexity index is 1790. The van der Waals surface area contributed by atoms with Crippen LogP contribution in [0.5, 0.6) is 0 Å². The van der Waals surface area contributed by atoms with Gasteiger partial charge in [-0.15, -0.1) is 18.9 Å². The zero-order valence-corrected chi connectivity index (χ0v) is 33.5. The largest absolute Gasteiger partial charge is 0.346 e. The molecule has 0 bridgehead atoms. The zero-order chi connectivity index (χ0) is 40.1. The summed E-state index contributed by atoms with van der Waals surface area (Å²) in [5.74, 6) is -0.176. The Hall–Kier alpha value is -4.22. The van der Waals surface area contributed by atoms with E-state index in [4.69, 9.17) is 6.42 Å². The maximum atomic E-state index is 15.0. The first-order valence-corrected chi connectivity index (χ1v) is 21.1. The SMILES string of the molecule is C#CCCC(NC(=O)[C@@H]1[C@H]2CCC[C@H]2CN1C(=O)[C@@H](NC(=O)N[C@H](CN1Cc2ccccc2S1(=O)=O)C(C)(C)C)C1(C)CCCCC1)C(=O)C(=O)NCC=C. The van der Waals surface area contributed by atoms with Gasteiger partial charge in [-0.3, -0.25) is 19.2 Å². The van der Waals surface area contributed by atoms with Gasteiger partial charge in [-0.1, -0.05) is 77.7 Å². The van der Waals surface area contributed by atoms with Crippen LogP contribution < -0.4 is 21.3 Å². The fourth-order valence-electron chi connectivity index (χ4n) is 8.91. The van der Waals surface area contributed by atoms with Gasteiger partial charge in [0.15, 0.2) is 0 Å². The second kappa shape index (κ2) is 17.3. The first-order valence-electron chi connectivity index (χ1n) is 19.6. The number of amides is 5. The van der Waals surface area contributed by atoms with Gasteiger partial charge in [0, 0.05) is 38.6 Å². The molecule has 1 aromatic carbocycles. The quantitative estimate of drug-likeness (QED) is 0.127. The number of sulfonamides is 1. The van der Waals surface area contributed by atoms with Gasteiger partial charge in [0.2, 0.25) is 27.6 Å². The molecule has 14 heteroatoms. The minimum atomic E-state index is -3.76. The van der Waals surface area contributed by atoms with Crippen molar-refractivity contribution in [2.24, 2.45) is 22.7 Å². The van der Waals surface area contributed by atoms with E-state index in [1.807, 2.05) is 27.7 Å². The summed E-state index contributed by atoms with van der Waals surface area (Å²) in [6.45, 7) is 12.0. The van der Waals surface area contributed by atoms with Crippen LogP contribution in [0.4, 0.5) is 4.79 Å². The van der Waals surface area contributed by atoms with Crippen LogP contribution >= 0.6 is 0 Å². The number of terminal acetylenes is 1. The molecule has 13 nitrogen and oxygen atoms in total. The molecule has 6 atom stereocenters. The summed E-state index contributed by atoms with van der Waals surface area (Å²) in [5, 5.41) is 11.3. The number of nitrogens with one attached hydrogen (secondary N) is 4. The van der Waals surface area contributed by atoms with Crippen molar-refractivity contribution >= 4 is 39.6 Å². The summed E-state index contributed by atoms with van der Waals surface area (Å²) >= 11 is 0. The van der Waals surface area contributed by atoms with Crippen molar-refractivity contribution in [1.29, 1.82) is 0 Å². The number of likely N-dealkylation sites (tertiary alicyclic amines) is 1. The molecule has 4 aliphatic rings. The van der Waals surface area contributed by atoms with Crippen LogP contribution in [-0.2, 0) is 35.7 Å². The second-order valence-corrected chi connectivity index (χ2v) is 19.0. The first kappa shape index (κ1) is 41.9. The third-order valence-electron chi connectivity index (χ3n) is 12.2. The van der Waals surface area contributed by atoms with Crippen LogP contribution in [0.15, 0.2) is 41.8 Å². The number of rotatable bonds is 14. The monoisotopic (exact) mass is 778 g/mol. The molecule has 2 saturated carbocycles. The maximum absolute atomic E-state index is 15.0. The first-order chi connectivity index (χ1) is 26.0. The molecule has 2 heterocycles. The molecule has 5 amide bonds. The Morgan fingerprint density at radius 1 is 1.04 bits per heavy atom. The van der Waals surface area contributed by atoms with Gasteiger partial charge in [0.05, 0.1) is 10.9 Å². The lowest BCUT2D eigenvalue weighted by molar-refractivity contribution is -0.145. The molecule has 4 N–H and O–H groups in total. The van der Waals surface area contributed by atoms with E-state index in [2.05, 4.69) is 33.8 Å². The lowest BCUT2D eigenvalue weighted by atomic mass is 9.70. The van der Waals surface area contributed by atoms with Crippen molar-refractivity contribution in [1.82, 2.24) is 30.5 Å². The van der Waals surface area contributed by atoms with E-state index in [9.17, 15) is 32.4 Å². The minimum absolute atomic E-state index is 0.0344. The van der Waals surface area contributed by atoms with Crippen molar-refractivity contribution in [2.75, 3.05) is 19.6 Å². The second-order valence-electron chi connectivity index (χ2n) is 17.0. The van der Waals surface area contributed by atoms with Gasteiger partial charge in [0.25, 0.3) is 5.91 Å². The summed E-state index contributed by atoms with van der Waals surface area (Å²) in [7, 11) is -3.76. The number of ketones is 1. The normalized spacial score (nSPS) is 24.3. The number of hydrogen-bond donors (Lipinski definition) is 4. The highest BCUT2D eigenvalue weighted by Crippen LogP contribution is 2.45. The fraction of sp³-hybridized carbons (Fsp3) is 0.634. The summed E-state index contributed by atoms with van der Waals surface area (Å²) < 4.78 is 28.3. The van der Waals surface area contributed by atoms with Crippen LogP contribution in [0.3, 0.4) is 0 Å². The standard InChI is InChI=1S/C41H58N6O7S/c1-7-9-19-30(34(48)37(50)42-23-8-2)43-36(49)33-29-18-15-17-27(29)25-47(33)38(51)35(41(6)21-13-10-14-22-41)45-39(52)44-32(40(3,4)5)26-46-24-28-16-11-12-20-31(28)55(46,53)54/h1,8,11-12,16,20,27,29-30,32-33,35H,2,9-10,13-15,17-19,21-26H2,3-6H3,(H,42,50)(H,43,49)(H2,44,45,52)/t27-,29-,30?,32+,33-,35+/m0/s1.